The van der Waals surface area contributed by atoms with Crippen molar-refractivity contribution in [1.82, 2.24) is 0 Å². The number of hydrogen-bond acceptors (Lipinski definition) is 0. The van der Waals surface area contributed by atoms with E-state index in [2.05, 4.69) is 23.2 Å². The summed E-state index contributed by atoms with van der Waals surface area (Å²) in [6, 6.07) is 0. The van der Waals surface area contributed by atoms with Crippen molar-refractivity contribution in [3.63, 3.8) is 0 Å². The molecule has 0 saturated heterocycles. The third kappa shape index (κ3) is 7.01. The van der Waals surface area contributed by atoms with Gasteiger partial charge in [-0.15, -0.1) is 0 Å². The van der Waals surface area contributed by atoms with Gasteiger partial charge in [-0.3, -0.25) is 0 Å². The first-order valence-corrected chi connectivity index (χ1v) is 19.1. The van der Waals surface area contributed by atoms with E-state index < -0.39 is 0 Å². The molecule has 0 spiro atoms. The van der Waals surface area contributed by atoms with E-state index in [-0.39, 0.29) is 0 Å². The van der Waals surface area contributed by atoms with Crippen molar-refractivity contribution in [2.45, 2.75) is 24.6 Å². The summed E-state index contributed by atoms with van der Waals surface area (Å²) < 4.78 is 0. The average molecular weight is 424 g/mol. The minimum atomic E-state index is 0.873. The Bertz CT molecular complexity index is 135. The van der Waals surface area contributed by atoms with Crippen molar-refractivity contribution in [3.8, 4) is 0 Å². The molecule has 1 aliphatic heterocycles. The molecule has 0 aromatic heterocycles. The van der Waals surface area contributed by atoms with Crippen molar-refractivity contribution in [2.24, 2.45) is 0 Å². The third-order valence-corrected chi connectivity index (χ3v) is 38.3. The molecular formula is C8H12Se4. The summed E-state index contributed by atoms with van der Waals surface area (Å²) in [6.45, 7) is 0. The standard InChI is InChI=1S/C8H12Se4/c1-2-4-6-8-10-12-11-9-7-5-3-1/h1,3,5,7H,2,4,6,8H2/b3-1+,7-5-. The Morgan fingerprint density at radius 1 is 1.00 bits per heavy atom. The molecule has 0 nitrogen and oxygen atoms in total. The molecule has 0 saturated carbocycles. The third-order valence-electron chi connectivity index (χ3n) is 1.34. The summed E-state index contributed by atoms with van der Waals surface area (Å²) in [6.07, 6.45) is 11.0. The van der Waals surface area contributed by atoms with Crippen molar-refractivity contribution >= 4 is 48.9 Å². The first-order chi connectivity index (χ1) is 6.00. The predicted molar refractivity (Wildman–Crippen MR) is 60.0 cm³/mol. The second-order valence-electron chi connectivity index (χ2n) is 2.31. The van der Waals surface area contributed by atoms with E-state index in [0.717, 1.165) is 48.9 Å². The van der Waals surface area contributed by atoms with E-state index in [9.17, 15) is 0 Å². The van der Waals surface area contributed by atoms with Gasteiger partial charge in [0.2, 0.25) is 0 Å². The number of hydrogen-bond donors (Lipinski definition) is 0. The topological polar surface area (TPSA) is 0 Å². The van der Waals surface area contributed by atoms with Crippen LogP contribution in [0.2, 0.25) is 5.32 Å². The molecule has 4 heteroatoms. The molecule has 0 fully saturated rings. The van der Waals surface area contributed by atoms with Crippen LogP contribution in [0.15, 0.2) is 23.2 Å². The van der Waals surface area contributed by atoms with Gasteiger partial charge in [0.1, 0.15) is 0 Å². The predicted octanol–water partition coefficient (Wildman–Crippen LogP) is 1.22. The molecule has 0 unspecified atom stereocenters. The molecule has 1 heterocycles. The second-order valence-corrected chi connectivity index (χ2v) is 28.3. The van der Waals surface area contributed by atoms with Gasteiger partial charge in [-0.05, 0) is 0 Å². The Kier molecular flexibility index (Phi) is 8.85. The Hall–Kier alpha value is 1.56. The SMILES string of the molecule is C1=C\[Se][Se][Se][Se]CCCC/C=C/1. The zero-order chi connectivity index (χ0) is 8.49. The summed E-state index contributed by atoms with van der Waals surface area (Å²) in [5, 5.41) is 1.56. The van der Waals surface area contributed by atoms with Crippen LogP contribution < -0.4 is 0 Å². The van der Waals surface area contributed by atoms with Crippen LogP contribution in [-0.4, -0.2) is 48.9 Å². The van der Waals surface area contributed by atoms with Gasteiger partial charge < -0.3 is 0 Å². The first-order valence-electron chi connectivity index (χ1n) is 3.93. The van der Waals surface area contributed by atoms with E-state index in [1.807, 2.05) is 0 Å². The van der Waals surface area contributed by atoms with E-state index in [0.29, 0.717) is 0 Å². The molecule has 0 radical (unpaired) electrons. The molecule has 0 amide bonds. The van der Waals surface area contributed by atoms with Gasteiger partial charge in [0, 0.05) is 0 Å². The van der Waals surface area contributed by atoms with Crippen LogP contribution in [0.3, 0.4) is 0 Å². The van der Waals surface area contributed by atoms with Crippen LogP contribution >= 0.6 is 0 Å². The molecule has 0 N–H and O–H groups in total. The van der Waals surface area contributed by atoms with Crippen molar-refractivity contribution < 1.29 is 0 Å². The maximum atomic E-state index is 2.41. The molecule has 0 aliphatic carbocycles. The fraction of sp³-hybridized carbons (Fsp3) is 0.500. The van der Waals surface area contributed by atoms with Gasteiger partial charge >= 0.3 is 96.7 Å². The summed E-state index contributed by atoms with van der Waals surface area (Å²) in [5.41, 5.74) is 0. The second kappa shape index (κ2) is 9.13. The quantitative estimate of drug-likeness (QED) is 0.514. The van der Waals surface area contributed by atoms with Crippen LogP contribution in [0, 0.1) is 0 Å². The van der Waals surface area contributed by atoms with E-state index in [1.165, 1.54) is 19.3 Å². The summed E-state index contributed by atoms with van der Waals surface area (Å²) >= 11 is 4.03. The van der Waals surface area contributed by atoms with Gasteiger partial charge in [-0.1, -0.05) is 0 Å². The normalized spacial score (nSPS) is 26.7. The van der Waals surface area contributed by atoms with Gasteiger partial charge in [-0.2, -0.15) is 0 Å². The molecule has 1 aliphatic rings. The van der Waals surface area contributed by atoms with E-state index in [1.54, 1.807) is 5.32 Å². The average Bonchev–Trinajstić information content (AvgIpc) is 2.05. The van der Waals surface area contributed by atoms with E-state index >= 15 is 0 Å². The van der Waals surface area contributed by atoms with Crippen LogP contribution in [-0.2, 0) is 0 Å². The molecule has 0 atom stereocenters. The van der Waals surface area contributed by atoms with Crippen LogP contribution in [0.4, 0.5) is 0 Å². The van der Waals surface area contributed by atoms with Crippen LogP contribution in [0.1, 0.15) is 19.3 Å². The minimum absolute atomic E-state index is 0.873. The summed E-state index contributed by atoms with van der Waals surface area (Å²) in [5.74, 6) is 0. The first kappa shape index (κ1) is 11.6. The molecule has 68 valence electrons. The van der Waals surface area contributed by atoms with Crippen LogP contribution in [0.25, 0.3) is 0 Å². The van der Waals surface area contributed by atoms with E-state index in [4.69, 9.17) is 0 Å². The van der Waals surface area contributed by atoms with Crippen molar-refractivity contribution in [2.75, 3.05) is 0 Å². The fourth-order valence-corrected chi connectivity index (χ4v) is 37.6. The Balaban J connectivity index is 2.21. The molecule has 0 aromatic rings. The molecular weight excluding hydrogens is 412 g/mol. The van der Waals surface area contributed by atoms with Gasteiger partial charge in [0.25, 0.3) is 0 Å². The monoisotopic (exact) mass is 428 g/mol. The molecule has 1 rings (SSSR count). The fourth-order valence-electron chi connectivity index (χ4n) is 0.768. The van der Waals surface area contributed by atoms with Crippen LogP contribution in [0.5, 0.6) is 0 Å². The molecule has 0 aromatic carbocycles. The summed E-state index contributed by atoms with van der Waals surface area (Å²) in [7, 11) is 0. The summed E-state index contributed by atoms with van der Waals surface area (Å²) in [4.78, 5) is 2.41. The van der Waals surface area contributed by atoms with Gasteiger partial charge in [0.15, 0.2) is 0 Å². The Morgan fingerprint density at radius 2 is 2.00 bits per heavy atom. The Morgan fingerprint density at radius 3 is 3.00 bits per heavy atom. The van der Waals surface area contributed by atoms with Crippen molar-refractivity contribution in [3.05, 3.63) is 23.2 Å². The maximum absolute atomic E-state index is 2.41. The molecule has 0 bridgehead atoms. The molecule has 12 heavy (non-hydrogen) atoms. The van der Waals surface area contributed by atoms with Gasteiger partial charge in [0.05, 0.1) is 0 Å². The zero-order valence-corrected chi connectivity index (χ0v) is 13.6. The number of rotatable bonds is 0. The zero-order valence-electron chi connectivity index (χ0n) is 6.77. The Labute approximate surface area is 95.7 Å². The van der Waals surface area contributed by atoms with Gasteiger partial charge in [-0.25, -0.2) is 0 Å². The number of allylic oxidation sites excluding steroid dienone is 3. The van der Waals surface area contributed by atoms with Crippen molar-refractivity contribution in [1.29, 1.82) is 0 Å².